The molecule has 6 heteroatoms. The van der Waals surface area contributed by atoms with Gasteiger partial charge in [0.25, 0.3) is 0 Å². The second-order valence-electron chi connectivity index (χ2n) is 5.54. The van der Waals surface area contributed by atoms with Crippen LogP contribution in [0.15, 0.2) is 6.07 Å². The molecule has 0 aromatic carbocycles. The van der Waals surface area contributed by atoms with Gasteiger partial charge in [0.2, 0.25) is 5.91 Å². The first-order valence-corrected chi connectivity index (χ1v) is 8.69. The average molecular weight is 324 g/mol. The molecule has 1 N–H and O–H groups in total. The molecule has 2 heterocycles. The van der Waals surface area contributed by atoms with Crippen molar-refractivity contribution in [3.05, 3.63) is 16.5 Å². The number of carbonyl (C=O) groups excluding carboxylic acids is 2. The van der Waals surface area contributed by atoms with E-state index in [1.54, 1.807) is 6.07 Å². The quantitative estimate of drug-likeness (QED) is 0.846. The number of rotatable bonds is 5. The molecule has 1 aromatic rings. The third kappa shape index (κ3) is 4.55. The van der Waals surface area contributed by atoms with Gasteiger partial charge in [0.15, 0.2) is 0 Å². The third-order valence-corrected chi connectivity index (χ3v) is 5.05. The summed E-state index contributed by atoms with van der Waals surface area (Å²) in [7, 11) is 1.36. The largest absolute Gasteiger partial charge is 0.465 e. The highest BCUT2D eigenvalue weighted by Gasteiger charge is 2.19. The first-order valence-electron chi connectivity index (χ1n) is 7.87. The monoisotopic (exact) mass is 324 g/mol. The Kier molecular flexibility index (Phi) is 6.39. The number of esters is 1. The highest BCUT2D eigenvalue weighted by Crippen LogP contribution is 2.29. The van der Waals surface area contributed by atoms with Gasteiger partial charge in [-0.2, -0.15) is 0 Å². The molecule has 1 aliphatic rings. The van der Waals surface area contributed by atoms with Crippen molar-refractivity contribution in [3.8, 4) is 0 Å². The number of thiophene rings is 1. The van der Waals surface area contributed by atoms with E-state index >= 15 is 0 Å². The van der Waals surface area contributed by atoms with Crippen LogP contribution >= 0.6 is 11.3 Å². The van der Waals surface area contributed by atoms with Crippen LogP contribution in [0.3, 0.4) is 0 Å². The zero-order valence-electron chi connectivity index (χ0n) is 13.3. The Hall–Kier alpha value is -1.40. The number of anilines is 1. The van der Waals surface area contributed by atoms with Gasteiger partial charge in [0, 0.05) is 4.88 Å². The molecule has 0 atom stereocenters. The fraction of sp³-hybridized carbons (Fsp3) is 0.625. The third-order valence-electron chi connectivity index (χ3n) is 3.86. The van der Waals surface area contributed by atoms with Crippen molar-refractivity contribution >= 4 is 28.2 Å². The number of likely N-dealkylation sites (tertiary alicyclic amines) is 1. The molecule has 122 valence electrons. The number of carbonyl (C=O) groups is 2. The molecule has 0 saturated carbocycles. The van der Waals surface area contributed by atoms with E-state index < -0.39 is 5.97 Å². The minimum atomic E-state index is -0.402. The van der Waals surface area contributed by atoms with Gasteiger partial charge in [0.05, 0.1) is 19.2 Å². The zero-order valence-corrected chi connectivity index (χ0v) is 14.1. The van der Waals surface area contributed by atoms with E-state index in [2.05, 4.69) is 10.2 Å². The smallest absolute Gasteiger partial charge is 0.340 e. The molecule has 2 rings (SSSR count). The van der Waals surface area contributed by atoms with Crippen molar-refractivity contribution in [1.82, 2.24) is 4.90 Å². The number of ether oxygens (including phenoxy) is 1. The van der Waals surface area contributed by atoms with E-state index in [1.165, 1.54) is 31.3 Å². The highest BCUT2D eigenvalue weighted by atomic mass is 32.1. The Morgan fingerprint density at radius 2 is 1.95 bits per heavy atom. The van der Waals surface area contributed by atoms with Gasteiger partial charge in [-0.05, 0) is 38.4 Å². The van der Waals surface area contributed by atoms with Crippen LogP contribution in [0.4, 0.5) is 5.00 Å². The highest BCUT2D eigenvalue weighted by molar-refractivity contribution is 7.16. The molecular weight excluding hydrogens is 300 g/mol. The van der Waals surface area contributed by atoms with Crippen LogP contribution in [-0.4, -0.2) is 43.5 Å². The number of nitrogens with zero attached hydrogens (tertiary/aromatic N) is 1. The molecule has 1 saturated heterocycles. The maximum atomic E-state index is 12.3. The summed E-state index contributed by atoms with van der Waals surface area (Å²) in [6.07, 6.45) is 5.63. The molecule has 22 heavy (non-hydrogen) atoms. The van der Waals surface area contributed by atoms with Crippen molar-refractivity contribution in [1.29, 1.82) is 0 Å². The van der Waals surface area contributed by atoms with Crippen molar-refractivity contribution < 1.29 is 14.3 Å². The summed E-state index contributed by atoms with van der Waals surface area (Å²) < 4.78 is 4.79. The van der Waals surface area contributed by atoms with Crippen LogP contribution in [0.25, 0.3) is 0 Å². The Balaban J connectivity index is 2.00. The second-order valence-corrected chi connectivity index (χ2v) is 6.68. The summed E-state index contributed by atoms with van der Waals surface area (Å²) >= 11 is 1.45. The van der Waals surface area contributed by atoms with Gasteiger partial charge in [-0.15, -0.1) is 11.3 Å². The average Bonchev–Trinajstić information content (AvgIpc) is 2.74. The molecule has 1 amide bonds. The van der Waals surface area contributed by atoms with Crippen molar-refractivity contribution in [3.63, 3.8) is 0 Å². The molecule has 0 unspecified atom stereocenters. The first-order chi connectivity index (χ1) is 10.6. The maximum Gasteiger partial charge on any atom is 0.340 e. The van der Waals surface area contributed by atoms with Crippen LogP contribution < -0.4 is 5.32 Å². The van der Waals surface area contributed by atoms with E-state index in [0.29, 0.717) is 17.1 Å². The lowest BCUT2D eigenvalue weighted by atomic mass is 10.2. The summed E-state index contributed by atoms with van der Waals surface area (Å²) in [5, 5.41) is 3.49. The van der Waals surface area contributed by atoms with E-state index in [9.17, 15) is 9.59 Å². The molecule has 0 bridgehead atoms. The summed E-state index contributed by atoms with van der Waals surface area (Å²) in [5.74, 6) is -0.461. The molecule has 1 fully saturated rings. The molecule has 5 nitrogen and oxygen atoms in total. The fourth-order valence-corrected chi connectivity index (χ4v) is 3.63. The molecule has 0 spiro atoms. The van der Waals surface area contributed by atoms with Gasteiger partial charge >= 0.3 is 5.97 Å². The lowest BCUT2D eigenvalue weighted by molar-refractivity contribution is -0.117. The predicted molar refractivity (Wildman–Crippen MR) is 88.6 cm³/mol. The van der Waals surface area contributed by atoms with Gasteiger partial charge < -0.3 is 10.1 Å². The van der Waals surface area contributed by atoms with Gasteiger partial charge in [-0.1, -0.05) is 19.8 Å². The number of aryl methyl sites for hydroxylation is 1. The van der Waals surface area contributed by atoms with Crippen LogP contribution in [0.2, 0.25) is 0 Å². The van der Waals surface area contributed by atoms with Crippen LogP contribution in [0.1, 0.15) is 47.8 Å². The van der Waals surface area contributed by atoms with E-state index in [-0.39, 0.29) is 5.91 Å². The van der Waals surface area contributed by atoms with Crippen molar-refractivity contribution in [2.24, 2.45) is 0 Å². The van der Waals surface area contributed by atoms with Gasteiger partial charge in [-0.25, -0.2) is 4.79 Å². The Morgan fingerprint density at radius 3 is 2.55 bits per heavy atom. The van der Waals surface area contributed by atoms with Crippen molar-refractivity contribution in [2.75, 3.05) is 32.1 Å². The zero-order chi connectivity index (χ0) is 15.9. The molecular formula is C16H24N2O3S. The minimum absolute atomic E-state index is 0.0587. The summed E-state index contributed by atoms with van der Waals surface area (Å²) in [4.78, 5) is 27.3. The van der Waals surface area contributed by atoms with E-state index in [4.69, 9.17) is 4.74 Å². The number of hydrogen-bond donors (Lipinski definition) is 1. The number of amides is 1. The van der Waals surface area contributed by atoms with Gasteiger partial charge in [-0.3, -0.25) is 9.69 Å². The van der Waals surface area contributed by atoms with Gasteiger partial charge in [0.1, 0.15) is 5.00 Å². The Morgan fingerprint density at radius 1 is 1.27 bits per heavy atom. The molecule has 1 aliphatic heterocycles. The summed E-state index contributed by atoms with van der Waals surface area (Å²) in [6, 6.07) is 1.80. The minimum Gasteiger partial charge on any atom is -0.465 e. The number of nitrogens with one attached hydrogen (secondary N) is 1. The van der Waals surface area contributed by atoms with E-state index in [1.807, 2.05) is 6.92 Å². The normalized spacial score (nSPS) is 16.1. The van der Waals surface area contributed by atoms with Crippen LogP contribution in [0, 0.1) is 0 Å². The lowest BCUT2D eigenvalue weighted by Gasteiger charge is -2.18. The molecule has 0 aliphatic carbocycles. The standard InChI is InChI=1S/C16H24N2O3S/c1-3-12-10-13(16(20)21-2)15(22-12)17-14(19)11-18-8-6-4-5-7-9-18/h10H,3-9,11H2,1-2H3,(H,17,19). The van der Waals surface area contributed by atoms with Crippen molar-refractivity contribution in [2.45, 2.75) is 39.0 Å². The Bertz CT molecular complexity index is 519. The fourth-order valence-electron chi connectivity index (χ4n) is 2.63. The number of hydrogen-bond acceptors (Lipinski definition) is 5. The molecule has 1 aromatic heterocycles. The summed E-state index contributed by atoms with van der Waals surface area (Å²) in [6.45, 7) is 4.36. The predicted octanol–water partition coefficient (Wildman–Crippen LogP) is 2.91. The lowest BCUT2D eigenvalue weighted by Crippen LogP contribution is -2.34. The summed E-state index contributed by atoms with van der Waals surface area (Å²) in [5.41, 5.74) is 0.452. The Labute approximate surface area is 135 Å². The molecule has 0 radical (unpaired) electrons. The second kappa shape index (κ2) is 8.29. The van der Waals surface area contributed by atoms with E-state index in [0.717, 1.165) is 37.2 Å². The topological polar surface area (TPSA) is 58.6 Å². The SMILES string of the molecule is CCc1cc(C(=O)OC)c(NC(=O)CN2CCCCCC2)s1. The first kappa shape index (κ1) is 17.0. The maximum absolute atomic E-state index is 12.3. The van der Waals surface area contributed by atoms with Crippen LogP contribution in [-0.2, 0) is 16.0 Å². The van der Waals surface area contributed by atoms with Crippen LogP contribution in [0.5, 0.6) is 0 Å². The number of methoxy groups -OCH3 is 1.